The summed E-state index contributed by atoms with van der Waals surface area (Å²) in [7, 11) is 0. The van der Waals surface area contributed by atoms with E-state index in [4.69, 9.17) is 21.7 Å². The number of hydrogen-bond acceptors (Lipinski definition) is 6. The van der Waals surface area contributed by atoms with Gasteiger partial charge in [-0.1, -0.05) is 0 Å². The van der Waals surface area contributed by atoms with E-state index in [2.05, 4.69) is 5.32 Å². The first-order valence-corrected chi connectivity index (χ1v) is 8.22. The molecule has 7 N–H and O–H groups in total. The quantitative estimate of drug-likeness (QED) is 0.290. The number of hydrogen-bond donors (Lipinski definition) is 5. The van der Waals surface area contributed by atoms with Gasteiger partial charge >= 0.3 is 11.9 Å². The Bertz CT molecular complexity index is 580. The van der Waals surface area contributed by atoms with Gasteiger partial charge in [0.15, 0.2) is 0 Å². The summed E-state index contributed by atoms with van der Waals surface area (Å²) in [5, 5.41) is 20.0. The summed E-state index contributed by atoms with van der Waals surface area (Å²) >= 11 is 0. The van der Waals surface area contributed by atoms with E-state index in [1.165, 1.54) is 4.90 Å². The number of primary amides is 1. The fourth-order valence-electron chi connectivity index (χ4n) is 2.73. The van der Waals surface area contributed by atoms with Crippen LogP contribution in [0.15, 0.2) is 0 Å². The molecule has 3 atom stereocenters. The molecule has 0 saturated carbocycles. The Kier molecular flexibility index (Phi) is 7.97. The Balaban J connectivity index is 2.71. The molecular weight excluding hydrogens is 348 g/mol. The predicted molar refractivity (Wildman–Crippen MR) is 87.6 cm³/mol. The van der Waals surface area contributed by atoms with Gasteiger partial charge in [-0.05, 0) is 25.7 Å². The zero-order valence-corrected chi connectivity index (χ0v) is 14.2. The molecule has 0 aromatic carbocycles. The lowest BCUT2D eigenvalue weighted by Gasteiger charge is -2.27. The van der Waals surface area contributed by atoms with E-state index in [0.717, 1.165) is 0 Å². The van der Waals surface area contributed by atoms with E-state index < -0.39 is 54.2 Å². The molecule has 1 rings (SSSR count). The van der Waals surface area contributed by atoms with Gasteiger partial charge in [-0.15, -0.1) is 0 Å². The maximum absolute atomic E-state index is 12.4. The molecular formula is C15H24N4O7. The van der Waals surface area contributed by atoms with Gasteiger partial charge in [0.25, 0.3) is 0 Å². The lowest BCUT2D eigenvalue weighted by Crippen LogP contribution is -2.54. The first-order valence-electron chi connectivity index (χ1n) is 8.22. The van der Waals surface area contributed by atoms with Gasteiger partial charge in [-0.3, -0.25) is 19.2 Å². The average molecular weight is 372 g/mol. The Morgan fingerprint density at radius 3 is 2.31 bits per heavy atom. The lowest BCUT2D eigenvalue weighted by atomic mass is 10.1. The van der Waals surface area contributed by atoms with Crippen LogP contribution < -0.4 is 16.8 Å². The van der Waals surface area contributed by atoms with E-state index in [1.54, 1.807) is 0 Å². The van der Waals surface area contributed by atoms with Gasteiger partial charge in [0.1, 0.15) is 12.1 Å². The first-order chi connectivity index (χ1) is 12.1. The zero-order chi connectivity index (χ0) is 19.9. The Morgan fingerprint density at radius 1 is 1.12 bits per heavy atom. The molecule has 1 fully saturated rings. The molecule has 11 nitrogen and oxygen atoms in total. The second-order valence-electron chi connectivity index (χ2n) is 6.13. The molecule has 0 aromatic heterocycles. The van der Waals surface area contributed by atoms with Crippen molar-refractivity contribution in [2.75, 3.05) is 6.54 Å². The summed E-state index contributed by atoms with van der Waals surface area (Å²) in [6.07, 6.45) is 0.186. The van der Waals surface area contributed by atoms with Gasteiger partial charge in [-0.2, -0.15) is 0 Å². The fraction of sp³-hybridized carbons (Fsp3) is 0.667. The topological polar surface area (TPSA) is 193 Å². The van der Waals surface area contributed by atoms with Crippen molar-refractivity contribution in [2.45, 2.75) is 56.7 Å². The number of nitrogens with two attached hydrogens (primary N) is 2. The Morgan fingerprint density at radius 2 is 1.77 bits per heavy atom. The Hall–Kier alpha value is -2.69. The van der Waals surface area contributed by atoms with Crippen LogP contribution in [-0.4, -0.2) is 69.4 Å². The number of nitrogens with one attached hydrogen (secondary N) is 1. The maximum Gasteiger partial charge on any atom is 0.326 e. The van der Waals surface area contributed by atoms with Crippen LogP contribution in [0, 0.1) is 0 Å². The van der Waals surface area contributed by atoms with Crippen molar-refractivity contribution in [3.8, 4) is 0 Å². The van der Waals surface area contributed by atoms with Crippen LogP contribution in [0.5, 0.6) is 0 Å². The highest BCUT2D eigenvalue weighted by Crippen LogP contribution is 2.19. The highest BCUT2D eigenvalue weighted by atomic mass is 16.4. The number of carboxylic acid groups (broad SMARTS) is 2. The molecule has 0 aromatic rings. The molecule has 1 aliphatic rings. The lowest BCUT2D eigenvalue weighted by molar-refractivity contribution is -0.144. The highest BCUT2D eigenvalue weighted by molar-refractivity contribution is 5.92. The minimum atomic E-state index is -1.36. The second kappa shape index (κ2) is 9.70. The highest BCUT2D eigenvalue weighted by Gasteiger charge is 2.37. The van der Waals surface area contributed by atoms with Crippen LogP contribution in [0.1, 0.15) is 38.5 Å². The van der Waals surface area contributed by atoms with Crippen LogP contribution in [0.2, 0.25) is 0 Å². The van der Waals surface area contributed by atoms with Crippen molar-refractivity contribution in [1.82, 2.24) is 10.2 Å². The zero-order valence-electron chi connectivity index (χ0n) is 14.2. The van der Waals surface area contributed by atoms with Gasteiger partial charge in [0, 0.05) is 19.4 Å². The molecule has 0 spiro atoms. The van der Waals surface area contributed by atoms with Crippen LogP contribution in [0.4, 0.5) is 0 Å². The number of likely N-dealkylation sites (tertiary alicyclic amines) is 1. The second-order valence-corrected chi connectivity index (χ2v) is 6.13. The van der Waals surface area contributed by atoms with Crippen molar-refractivity contribution in [3.05, 3.63) is 0 Å². The molecule has 1 heterocycles. The number of rotatable bonds is 10. The number of nitrogens with zero attached hydrogens (tertiary/aromatic N) is 1. The van der Waals surface area contributed by atoms with Crippen LogP contribution in [-0.2, 0) is 24.0 Å². The van der Waals surface area contributed by atoms with E-state index in [9.17, 15) is 24.0 Å². The largest absolute Gasteiger partial charge is 0.481 e. The summed E-state index contributed by atoms with van der Waals surface area (Å²) in [5.41, 5.74) is 10.8. The molecule has 1 saturated heterocycles. The van der Waals surface area contributed by atoms with Crippen molar-refractivity contribution >= 4 is 29.7 Å². The summed E-state index contributed by atoms with van der Waals surface area (Å²) in [4.78, 5) is 58.6. The summed E-state index contributed by atoms with van der Waals surface area (Å²) in [5.74, 6) is -4.30. The third kappa shape index (κ3) is 6.31. The Labute approximate surface area is 149 Å². The number of amides is 3. The average Bonchev–Trinajstić information content (AvgIpc) is 3.04. The third-order valence-electron chi connectivity index (χ3n) is 4.12. The first kappa shape index (κ1) is 21.4. The molecule has 0 unspecified atom stereocenters. The fourth-order valence-corrected chi connectivity index (χ4v) is 2.73. The molecule has 11 heteroatoms. The minimum absolute atomic E-state index is 0.0510. The number of carbonyl (C=O) groups excluding carboxylic acids is 3. The van der Waals surface area contributed by atoms with Crippen molar-refractivity contribution in [2.24, 2.45) is 11.5 Å². The van der Waals surface area contributed by atoms with E-state index in [0.29, 0.717) is 12.8 Å². The molecule has 1 aliphatic heterocycles. The van der Waals surface area contributed by atoms with Crippen molar-refractivity contribution < 1.29 is 34.2 Å². The van der Waals surface area contributed by atoms with Crippen molar-refractivity contribution in [1.29, 1.82) is 0 Å². The van der Waals surface area contributed by atoms with Gasteiger partial charge in [-0.25, -0.2) is 4.79 Å². The molecule has 146 valence electrons. The number of carbonyl (C=O) groups is 5. The van der Waals surface area contributed by atoms with E-state index in [1.807, 2.05) is 0 Å². The van der Waals surface area contributed by atoms with Gasteiger partial charge < -0.3 is 31.9 Å². The molecule has 0 aliphatic carbocycles. The third-order valence-corrected chi connectivity index (χ3v) is 4.12. The van der Waals surface area contributed by atoms with E-state index >= 15 is 0 Å². The molecule has 0 radical (unpaired) electrons. The van der Waals surface area contributed by atoms with Crippen LogP contribution >= 0.6 is 0 Å². The number of carboxylic acids is 2. The van der Waals surface area contributed by atoms with E-state index in [-0.39, 0.29) is 25.8 Å². The summed E-state index contributed by atoms with van der Waals surface area (Å²) < 4.78 is 0. The summed E-state index contributed by atoms with van der Waals surface area (Å²) in [6, 6.07) is -3.23. The monoisotopic (exact) mass is 372 g/mol. The number of aliphatic carboxylic acids is 2. The van der Waals surface area contributed by atoms with Gasteiger partial charge in [0.2, 0.25) is 17.7 Å². The van der Waals surface area contributed by atoms with Crippen molar-refractivity contribution in [3.63, 3.8) is 0 Å². The summed E-state index contributed by atoms with van der Waals surface area (Å²) in [6.45, 7) is 0.286. The predicted octanol–water partition coefficient (Wildman–Crippen LogP) is -2.00. The SMILES string of the molecule is NC(=O)CC[C@H](N)C(=O)N1CCC[C@H]1C(=O)N[C@@H](CCC(=O)O)C(=O)O. The normalized spacial score (nSPS) is 18.8. The van der Waals surface area contributed by atoms with Gasteiger partial charge in [0.05, 0.1) is 6.04 Å². The smallest absolute Gasteiger partial charge is 0.326 e. The van der Waals surface area contributed by atoms with Crippen LogP contribution in [0.3, 0.4) is 0 Å². The molecule has 26 heavy (non-hydrogen) atoms. The van der Waals surface area contributed by atoms with Crippen LogP contribution in [0.25, 0.3) is 0 Å². The minimum Gasteiger partial charge on any atom is -0.481 e. The standard InChI is InChI=1S/C15H24N4O7/c16-8(3-5-11(17)20)14(24)19-7-1-2-10(19)13(23)18-9(15(25)26)4-6-12(21)22/h8-10H,1-7,16H2,(H2,17,20)(H,18,23)(H,21,22)(H,25,26)/t8-,9-,10-/m0/s1. The molecule has 3 amide bonds. The molecule has 0 bridgehead atoms. The maximum atomic E-state index is 12.4.